The minimum Gasteiger partial charge on any atom is -0.312 e. The van der Waals surface area contributed by atoms with E-state index in [0.717, 1.165) is 12.6 Å². The fraction of sp³-hybridized carbons (Fsp3) is 1.00. The van der Waals surface area contributed by atoms with Crippen LogP contribution in [0.1, 0.15) is 46.5 Å². The van der Waals surface area contributed by atoms with Crippen molar-refractivity contribution in [3.8, 4) is 0 Å². The number of likely N-dealkylation sites (N-methyl/N-ethyl adjacent to an activating group) is 1. The molecule has 0 aromatic carbocycles. The lowest BCUT2D eigenvalue weighted by atomic mass is 10.1. The van der Waals surface area contributed by atoms with Crippen LogP contribution in [0.3, 0.4) is 0 Å². The first kappa shape index (κ1) is 12.0. The van der Waals surface area contributed by atoms with E-state index in [1.54, 1.807) is 0 Å². The van der Waals surface area contributed by atoms with Crippen LogP contribution in [0.4, 0.5) is 0 Å². The lowest BCUT2D eigenvalue weighted by Crippen LogP contribution is -2.42. The Morgan fingerprint density at radius 3 is 2.29 bits per heavy atom. The number of hydrogen-bond donors (Lipinski definition) is 1. The molecule has 84 valence electrons. The maximum Gasteiger partial charge on any atom is 0.0192 e. The average molecular weight is 198 g/mol. The van der Waals surface area contributed by atoms with Crippen molar-refractivity contribution in [3.63, 3.8) is 0 Å². The third kappa shape index (κ3) is 3.58. The summed E-state index contributed by atoms with van der Waals surface area (Å²) in [6.07, 6.45) is 5.31. The second kappa shape index (κ2) is 5.72. The van der Waals surface area contributed by atoms with Crippen LogP contribution < -0.4 is 5.32 Å². The predicted octanol–water partition coefficient (Wildman–Crippen LogP) is 2.25. The highest BCUT2D eigenvalue weighted by atomic mass is 15.2. The van der Waals surface area contributed by atoms with Crippen LogP contribution in [0.2, 0.25) is 0 Å². The Balaban J connectivity index is 2.15. The molecule has 0 heterocycles. The molecular weight excluding hydrogens is 172 g/mol. The molecule has 0 saturated heterocycles. The van der Waals surface area contributed by atoms with Gasteiger partial charge in [0.05, 0.1) is 0 Å². The SMILES string of the molecule is CCC(CC)NCC(C)N(C)C1CC1. The van der Waals surface area contributed by atoms with E-state index in [9.17, 15) is 0 Å². The summed E-state index contributed by atoms with van der Waals surface area (Å²) in [6, 6.07) is 2.28. The van der Waals surface area contributed by atoms with Crippen LogP contribution in [0, 0.1) is 0 Å². The van der Waals surface area contributed by atoms with Crippen molar-refractivity contribution in [1.29, 1.82) is 0 Å². The van der Waals surface area contributed by atoms with Gasteiger partial charge in [-0.25, -0.2) is 0 Å². The highest BCUT2D eigenvalue weighted by Gasteiger charge is 2.28. The highest BCUT2D eigenvalue weighted by Crippen LogP contribution is 2.26. The Bertz CT molecular complexity index is 150. The van der Waals surface area contributed by atoms with Crippen molar-refractivity contribution in [2.75, 3.05) is 13.6 Å². The summed E-state index contributed by atoms with van der Waals surface area (Å²) in [5.41, 5.74) is 0. The smallest absolute Gasteiger partial charge is 0.0192 e. The lowest BCUT2D eigenvalue weighted by molar-refractivity contribution is 0.234. The zero-order valence-corrected chi connectivity index (χ0v) is 10.2. The largest absolute Gasteiger partial charge is 0.312 e. The molecule has 1 aliphatic rings. The molecule has 14 heavy (non-hydrogen) atoms. The molecule has 1 N–H and O–H groups in total. The van der Waals surface area contributed by atoms with E-state index in [0.29, 0.717) is 12.1 Å². The molecule has 0 aromatic rings. The zero-order chi connectivity index (χ0) is 10.6. The van der Waals surface area contributed by atoms with E-state index in [1.165, 1.54) is 25.7 Å². The molecule has 1 rings (SSSR count). The maximum absolute atomic E-state index is 3.64. The first-order valence-electron chi connectivity index (χ1n) is 6.14. The van der Waals surface area contributed by atoms with Crippen LogP contribution in [-0.4, -0.2) is 36.6 Å². The molecular formula is C12H26N2. The highest BCUT2D eigenvalue weighted by molar-refractivity contribution is 4.86. The predicted molar refractivity (Wildman–Crippen MR) is 62.6 cm³/mol. The van der Waals surface area contributed by atoms with Crippen LogP contribution in [-0.2, 0) is 0 Å². The van der Waals surface area contributed by atoms with Gasteiger partial charge in [0, 0.05) is 24.7 Å². The van der Waals surface area contributed by atoms with Gasteiger partial charge in [0.2, 0.25) is 0 Å². The molecule has 2 nitrogen and oxygen atoms in total. The monoisotopic (exact) mass is 198 g/mol. The summed E-state index contributed by atoms with van der Waals surface area (Å²) >= 11 is 0. The summed E-state index contributed by atoms with van der Waals surface area (Å²) in [4.78, 5) is 2.52. The molecule has 0 amide bonds. The van der Waals surface area contributed by atoms with Crippen molar-refractivity contribution in [3.05, 3.63) is 0 Å². The van der Waals surface area contributed by atoms with E-state index >= 15 is 0 Å². The van der Waals surface area contributed by atoms with Gasteiger partial charge >= 0.3 is 0 Å². The van der Waals surface area contributed by atoms with E-state index < -0.39 is 0 Å². The van der Waals surface area contributed by atoms with Gasteiger partial charge in [-0.05, 0) is 39.7 Å². The molecule has 1 saturated carbocycles. The number of rotatable bonds is 7. The second-order valence-electron chi connectivity index (χ2n) is 4.67. The first-order valence-corrected chi connectivity index (χ1v) is 6.14. The van der Waals surface area contributed by atoms with Gasteiger partial charge in [-0.15, -0.1) is 0 Å². The van der Waals surface area contributed by atoms with E-state index in [1.807, 2.05) is 0 Å². The summed E-state index contributed by atoms with van der Waals surface area (Å²) < 4.78 is 0. The van der Waals surface area contributed by atoms with Gasteiger partial charge in [0.15, 0.2) is 0 Å². The Hall–Kier alpha value is -0.0800. The Labute approximate surface area is 89.1 Å². The first-order chi connectivity index (χ1) is 6.69. The molecule has 1 atom stereocenters. The molecule has 2 heteroatoms. The van der Waals surface area contributed by atoms with E-state index in [2.05, 4.69) is 38.0 Å². The molecule has 1 fully saturated rings. The van der Waals surface area contributed by atoms with Crippen LogP contribution in [0.15, 0.2) is 0 Å². The molecule has 0 bridgehead atoms. The topological polar surface area (TPSA) is 15.3 Å². The van der Waals surface area contributed by atoms with Gasteiger partial charge in [0.1, 0.15) is 0 Å². The fourth-order valence-electron chi connectivity index (χ4n) is 1.90. The number of hydrogen-bond acceptors (Lipinski definition) is 2. The average Bonchev–Trinajstić information content (AvgIpc) is 3.01. The molecule has 1 aliphatic carbocycles. The van der Waals surface area contributed by atoms with Crippen LogP contribution in [0.5, 0.6) is 0 Å². The maximum atomic E-state index is 3.64. The summed E-state index contributed by atoms with van der Waals surface area (Å²) in [5, 5.41) is 3.64. The van der Waals surface area contributed by atoms with Gasteiger partial charge in [0.25, 0.3) is 0 Å². The molecule has 0 spiro atoms. The third-order valence-corrected chi connectivity index (χ3v) is 3.51. The summed E-state index contributed by atoms with van der Waals surface area (Å²) in [5.74, 6) is 0. The van der Waals surface area contributed by atoms with Crippen molar-refractivity contribution in [1.82, 2.24) is 10.2 Å². The Morgan fingerprint density at radius 2 is 1.86 bits per heavy atom. The van der Waals surface area contributed by atoms with Gasteiger partial charge in [-0.3, -0.25) is 4.90 Å². The molecule has 0 aromatic heterocycles. The Kier molecular flexibility index (Phi) is 4.90. The lowest BCUT2D eigenvalue weighted by Gasteiger charge is -2.26. The number of nitrogens with zero attached hydrogens (tertiary/aromatic N) is 1. The van der Waals surface area contributed by atoms with Gasteiger partial charge < -0.3 is 5.32 Å². The standard InChI is InChI=1S/C12H26N2/c1-5-11(6-2)13-9-10(3)14(4)12-7-8-12/h10-13H,5-9H2,1-4H3. The fourth-order valence-corrected chi connectivity index (χ4v) is 1.90. The van der Waals surface area contributed by atoms with Crippen LogP contribution in [0.25, 0.3) is 0 Å². The van der Waals surface area contributed by atoms with Gasteiger partial charge in [-0.1, -0.05) is 13.8 Å². The van der Waals surface area contributed by atoms with E-state index in [4.69, 9.17) is 0 Å². The second-order valence-corrected chi connectivity index (χ2v) is 4.67. The van der Waals surface area contributed by atoms with E-state index in [-0.39, 0.29) is 0 Å². The number of nitrogens with one attached hydrogen (secondary N) is 1. The van der Waals surface area contributed by atoms with Gasteiger partial charge in [-0.2, -0.15) is 0 Å². The van der Waals surface area contributed by atoms with Crippen LogP contribution >= 0.6 is 0 Å². The van der Waals surface area contributed by atoms with Crippen molar-refractivity contribution in [2.45, 2.75) is 64.6 Å². The zero-order valence-electron chi connectivity index (χ0n) is 10.2. The summed E-state index contributed by atoms with van der Waals surface area (Å²) in [6.45, 7) is 7.99. The van der Waals surface area contributed by atoms with Crippen molar-refractivity contribution in [2.24, 2.45) is 0 Å². The minimum atomic E-state index is 0.683. The molecule has 0 aliphatic heterocycles. The minimum absolute atomic E-state index is 0.683. The quantitative estimate of drug-likeness (QED) is 0.675. The molecule has 0 radical (unpaired) electrons. The van der Waals surface area contributed by atoms with Crippen molar-refractivity contribution >= 4 is 0 Å². The molecule has 1 unspecified atom stereocenters. The third-order valence-electron chi connectivity index (χ3n) is 3.51. The summed E-state index contributed by atoms with van der Waals surface area (Å²) in [7, 11) is 2.26. The normalized spacial score (nSPS) is 19.3. The van der Waals surface area contributed by atoms with Crippen molar-refractivity contribution < 1.29 is 0 Å². The Morgan fingerprint density at radius 1 is 1.29 bits per heavy atom.